The van der Waals surface area contributed by atoms with Crippen molar-refractivity contribution in [1.82, 2.24) is 14.8 Å². The molecule has 0 saturated carbocycles. The van der Waals surface area contributed by atoms with Crippen molar-refractivity contribution in [3.8, 4) is 16.6 Å². The molecule has 28 heavy (non-hydrogen) atoms. The Hall–Kier alpha value is -2.84. The van der Waals surface area contributed by atoms with E-state index in [1.807, 2.05) is 54.8 Å². The largest absolute Gasteiger partial charge is 0.463 e. The second-order valence-electron chi connectivity index (χ2n) is 5.96. The number of nitrogens with zero attached hydrogens (tertiary/aromatic N) is 3. The van der Waals surface area contributed by atoms with Gasteiger partial charge in [0, 0.05) is 16.3 Å². The minimum atomic E-state index is -0.166. The summed E-state index contributed by atoms with van der Waals surface area (Å²) >= 11 is 3.08. The molecule has 3 heterocycles. The molecule has 6 nitrogen and oxygen atoms in total. The lowest BCUT2D eigenvalue weighted by Gasteiger charge is -2.09. The fourth-order valence-electron chi connectivity index (χ4n) is 2.75. The molecular weight excluding hydrogens is 392 g/mol. The van der Waals surface area contributed by atoms with Crippen LogP contribution in [0.25, 0.3) is 16.6 Å². The normalized spacial score (nSPS) is 10.9. The van der Waals surface area contributed by atoms with Crippen LogP contribution in [0.5, 0.6) is 0 Å². The number of amides is 1. The molecule has 4 rings (SSSR count). The summed E-state index contributed by atoms with van der Waals surface area (Å²) in [6, 6.07) is 13.1. The first-order chi connectivity index (χ1) is 13.7. The van der Waals surface area contributed by atoms with Gasteiger partial charge in [0.15, 0.2) is 5.76 Å². The number of aromatic nitrogens is 3. The third kappa shape index (κ3) is 3.74. The molecule has 0 fully saturated rings. The SMILES string of the molecule is CCSc1ccccc1C(=O)Nc1cc(C)nn1-c1nc(-c2ccco2)cs1. The van der Waals surface area contributed by atoms with Crippen LogP contribution in [0.15, 0.2) is 63.4 Å². The number of carbonyl (C=O) groups excluding carboxylic acids is 1. The van der Waals surface area contributed by atoms with E-state index in [9.17, 15) is 4.79 Å². The number of benzene rings is 1. The zero-order valence-corrected chi connectivity index (χ0v) is 17.0. The number of rotatable bonds is 6. The van der Waals surface area contributed by atoms with E-state index in [0.717, 1.165) is 22.0 Å². The van der Waals surface area contributed by atoms with E-state index >= 15 is 0 Å². The van der Waals surface area contributed by atoms with Crippen LogP contribution in [0.1, 0.15) is 23.0 Å². The Balaban J connectivity index is 1.63. The lowest BCUT2D eigenvalue weighted by Crippen LogP contribution is -2.16. The zero-order chi connectivity index (χ0) is 19.5. The summed E-state index contributed by atoms with van der Waals surface area (Å²) < 4.78 is 7.06. The fourth-order valence-corrected chi connectivity index (χ4v) is 4.33. The van der Waals surface area contributed by atoms with E-state index in [0.29, 0.717) is 22.3 Å². The highest BCUT2D eigenvalue weighted by atomic mass is 32.2. The molecule has 0 bridgehead atoms. The summed E-state index contributed by atoms with van der Waals surface area (Å²) in [4.78, 5) is 18.4. The lowest BCUT2D eigenvalue weighted by molar-refractivity contribution is 0.102. The lowest BCUT2D eigenvalue weighted by atomic mass is 10.2. The topological polar surface area (TPSA) is 73.0 Å². The summed E-state index contributed by atoms with van der Waals surface area (Å²) in [5.74, 6) is 2.01. The number of thiazole rings is 1. The van der Waals surface area contributed by atoms with Gasteiger partial charge in [-0.2, -0.15) is 9.78 Å². The summed E-state index contributed by atoms with van der Waals surface area (Å²) in [5.41, 5.74) is 2.18. The van der Waals surface area contributed by atoms with Gasteiger partial charge in [-0.25, -0.2) is 4.98 Å². The van der Waals surface area contributed by atoms with E-state index in [1.54, 1.807) is 22.7 Å². The Morgan fingerprint density at radius 2 is 2.14 bits per heavy atom. The van der Waals surface area contributed by atoms with Crippen molar-refractivity contribution in [2.45, 2.75) is 18.7 Å². The summed E-state index contributed by atoms with van der Waals surface area (Å²) in [7, 11) is 0. The molecule has 0 aliphatic rings. The van der Waals surface area contributed by atoms with Crippen LogP contribution in [0.4, 0.5) is 5.82 Å². The van der Waals surface area contributed by atoms with Gasteiger partial charge >= 0.3 is 0 Å². The molecule has 0 saturated heterocycles. The molecule has 0 atom stereocenters. The van der Waals surface area contributed by atoms with Crippen LogP contribution in [-0.2, 0) is 0 Å². The van der Waals surface area contributed by atoms with Gasteiger partial charge in [0.1, 0.15) is 11.5 Å². The Bertz CT molecular complexity index is 1100. The molecule has 0 aliphatic heterocycles. The number of furan rings is 1. The van der Waals surface area contributed by atoms with Crippen LogP contribution >= 0.6 is 23.1 Å². The highest BCUT2D eigenvalue weighted by molar-refractivity contribution is 7.99. The first kappa shape index (κ1) is 18.5. The third-order valence-corrected chi connectivity index (χ3v) is 5.72. The first-order valence-electron chi connectivity index (χ1n) is 8.75. The molecule has 8 heteroatoms. The quantitative estimate of drug-likeness (QED) is 0.439. The van der Waals surface area contributed by atoms with E-state index < -0.39 is 0 Å². The van der Waals surface area contributed by atoms with Gasteiger partial charge in [-0.3, -0.25) is 4.79 Å². The van der Waals surface area contributed by atoms with E-state index in [4.69, 9.17) is 4.42 Å². The number of hydrogen-bond donors (Lipinski definition) is 1. The first-order valence-corrected chi connectivity index (χ1v) is 10.6. The molecule has 1 N–H and O–H groups in total. The number of aryl methyl sites for hydroxylation is 1. The van der Waals surface area contributed by atoms with Crippen molar-refractivity contribution < 1.29 is 9.21 Å². The third-order valence-electron chi connectivity index (χ3n) is 3.95. The second-order valence-corrected chi connectivity index (χ2v) is 8.10. The molecule has 0 aliphatic carbocycles. The standard InChI is InChI=1S/C20H18N4O2S2/c1-3-27-17-9-5-4-7-14(17)19(25)22-18-11-13(2)23-24(18)20-21-15(12-28-20)16-8-6-10-26-16/h4-12H,3H2,1-2H3,(H,22,25). The van der Waals surface area contributed by atoms with Gasteiger partial charge in [-0.05, 0) is 36.9 Å². The Labute approximate surface area is 170 Å². The maximum absolute atomic E-state index is 12.9. The Kier molecular flexibility index (Phi) is 5.31. The van der Waals surface area contributed by atoms with Crippen LogP contribution in [0, 0.1) is 6.92 Å². The summed E-state index contributed by atoms with van der Waals surface area (Å²) in [5, 5.41) is 10.0. The molecule has 4 aromatic rings. The van der Waals surface area contributed by atoms with Gasteiger partial charge in [-0.1, -0.05) is 19.1 Å². The molecule has 0 radical (unpaired) electrons. The highest BCUT2D eigenvalue weighted by Crippen LogP contribution is 2.28. The van der Waals surface area contributed by atoms with Crippen molar-refractivity contribution >= 4 is 34.8 Å². The number of thioether (sulfide) groups is 1. The van der Waals surface area contributed by atoms with Crippen molar-refractivity contribution in [3.05, 3.63) is 65.4 Å². The van der Waals surface area contributed by atoms with Gasteiger partial charge in [0.05, 0.1) is 17.5 Å². The zero-order valence-electron chi connectivity index (χ0n) is 15.4. The molecule has 142 valence electrons. The second kappa shape index (κ2) is 8.04. The van der Waals surface area contributed by atoms with Gasteiger partial charge in [0.2, 0.25) is 5.13 Å². The van der Waals surface area contributed by atoms with E-state index in [1.165, 1.54) is 11.3 Å². The Morgan fingerprint density at radius 3 is 2.93 bits per heavy atom. The predicted molar refractivity (Wildman–Crippen MR) is 112 cm³/mol. The number of hydrogen-bond acceptors (Lipinski definition) is 6. The van der Waals surface area contributed by atoms with E-state index in [-0.39, 0.29) is 5.91 Å². The van der Waals surface area contributed by atoms with Crippen LogP contribution in [0.2, 0.25) is 0 Å². The van der Waals surface area contributed by atoms with Crippen molar-refractivity contribution in [2.75, 3.05) is 11.1 Å². The maximum atomic E-state index is 12.9. The average Bonchev–Trinajstić information content (AvgIpc) is 3.42. The van der Waals surface area contributed by atoms with Crippen molar-refractivity contribution in [2.24, 2.45) is 0 Å². The van der Waals surface area contributed by atoms with Gasteiger partial charge < -0.3 is 9.73 Å². The molecular formula is C20H18N4O2S2. The van der Waals surface area contributed by atoms with Crippen LogP contribution in [-0.4, -0.2) is 26.4 Å². The monoisotopic (exact) mass is 410 g/mol. The molecule has 0 unspecified atom stereocenters. The maximum Gasteiger partial charge on any atom is 0.257 e. The summed E-state index contributed by atoms with van der Waals surface area (Å²) in [6.07, 6.45) is 1.61. The number of anilines is 1. The average molecular weight is 411 g/mol. The van der Waals surface area contributed by atoms with Gasteiger partial charge in [-0.15, -0.1) is 23.1 Å². The Morgan fingerprint density at radius 1 is 1.29 bits per heavy atom. The van der Waals surface area contributed by atoms with Crippen molar-refractivity contribution in [3.63, 3.8) is 0 Å². The molecule has 1 aromatic carbocycles. The predicted octanol–water partition coefficient (Wildman–Crippen LogP) is 5.26. The van der Waals surface area contributed by atoms with Crippen LogP contribution < -0.4 is 5.32 Å². The van der Waals surface area contributed by atoms with Gasteiger partial charge in [0.25, 0.3) is 5.91 Å². The smallest absolute Gasteiger partial charge is 0.257 e. The van der Waals surface area contributed by atoms with Crippen molar-refractivity contribution in [1.29, 1.82) is 0 Å². The minimum absolute atomic E-state index is 0.166. The molecule has 3 aromatic heterocycles. The summed E-state index contributed by atoms with van der Waals surface area (Å²) in [6.45, 7) is 3.95. The van der Waals surface area contributed by atoms with Crippen LogP contribution in [0.3, 0.4) is 0 Å². The minimum Gasteiger partial charge on any atom is -0.463 e. The molecule has 0 spiro atoms. The fraction of sp³-hybridized carbons (Fsp3) is 0.150. The number of nitrogens with one attached hydrogen (secondary N) is 1. The number of carbonyl (C=O) groups is 1. The van der Waals surface area contributed by atoms with E-state index in [2.05, 4.69) is 22.3 Å². The molecule has 1 amide bonds. The highest BCUT2D eigenvalue weighted by Gasteiger charge is 2.17.